The smallest absolute Gasteiger partial charge is 0.262 e. The Bertz CT molecular complexity index is 1080. The highest BCUT2D eigenvalue weighted by Gasteiger charge is 2.09. The molecule has 0 aliphatic carbocycles. The Labute approximate surface area is 190 Å². The number of thiophene rings is 1. The molecule has 0 radical (unpaired) electrons. The number of hydrogen-bond acceptors (Lipinski definition) is 5. The summed E-state index contributed by atoms with van der Waals surface area (Å²) in [6.45, 7) is 4.53. The summed E-state index contributed by atoms with van der Waals surface area (Å²) >= 11 is 1.36. The fourth-order valence-electron chi connectivity index (χ4n) is 2.80. The topological polar surface area (TPSA) is 96.5 Å². The van der Waals surface area contributed by atoms with Crippen LogP contribution < -0.4 is 20.7 Å². The maximum atomic E-state index is 12.2. The molecule has 0 bridgehead atoms. The first-order valence-corrected chi connectivity index (χ1v) is 11.0. The number of aryl methyl sites for hydroxylation is 2. The number of hydrogen-bond donors (Lipinski definition) is 3. The minimum Gasteiger partial charge on any atom is -0.484 e. The monoisotopic (exact) mass is 451 g/mol. The molecule has 1 heterocycles. The van der Waals surface area contributed by atoms with Crippen LogP contribution in [0, 0.1) is 13.8 Å². The predicted molar refractivity (Wildman–Crippen MR) is 125 cm³/mol. The van der Waals surface area contributed by atoms with E-state index in [4.69, 9.17) is 4.74 Å². The van der Waals surface area contributed by atoms with Gasteiger partial charge in [-0.3, -0.25) is 14.4 Å². The first kappa shape index (κ1) is 23.0. The fourth-order valence-corrected chi connectivity index (χ4v) is 3.44. The van der Waals surface area contributed by atoms with E-state index in [1.165, 1.54) is 11.3 Å². The predicted octanol–water partition coefficient (Wildman–Crippen LogP) is 3.54. The molecule has 0 saturated carbocycles. The van der Waals surface area contributed by atoms with Crippen LogP contribution in [0.4, 0.5) is 5.69 Å². The lowest BCUT2D eigenvalue weighted by molar-refractivity contribution is -0.118. The van der Waals surface area contributed by atoms with Crippen LogP contribution >= 0.6 is 11.3 Å². The molecule has 8 heteroatoms. The first-order valence-electron chi connectivity index (χ1n) is 10.1. The third-order valence-electron chi connectivity index (χ3n) is 4.72. The highest BCUT2D eigenvalue weighted by atomic mass is 32.1. The molecule has 3 aromatic rings. The highest BCUT2D eigenvalue weighted by molar-refractivity contribution is 7.12. The number of nitrogens with one attached hydrogen (secondary N) is 3. The quantitative estimate of drug-likeness (QED) is 0.434. The second-order valence-corrected chi connectivity index (χ2v) is 8.10. The number of ether oxygens (including phenoxy) is 1. The Kier molecular flexibility index (Phi) is 7.99. The van der Waals surface area contributed by atoms with Crippen LogP contribution in [0.5, 0.6) is 5.75 Å². The van der Waals surface area contributed by atoms with Crippen molar-refractivity contribution in [3.05, 3.63) is 81.5 Å². The van der Waals surface area contributed by atoms with Crippen molar-refractivity contribution in [3.63, 3.8) is 0 Å². The number of anilines is 1. The lowest BCUT2D eigenvalue weighted by Gasteiger charge is -2.10. The largest absolute Gasteiger partial charge is 0.484 e. The van der Waals surface area contributed by atoms with Crippen molar-refractivity contribution in [2.75, 3.05) is 25.0 Å². The Balaban J connectivity index is 1.39. The molecular weight excluding hydrogens is 426 g/mol. The minimum absolute atomic E-state index is 0.109. The Hall–Kier alpha value is -3.65. The van der Waals surface area contributed by atoms with E-state index in [0.717, 1.165) is 11.1 Å². The van der Waals surface area contributed by atoms with E-state index in [9.17, 15) is 14.4 Å². The van der Waals surface area contributed by atoms with Gasteiger partial charge in [0.15, 0.2) is 6.61 Å². The van der Waals surface area contributed by atoms with E-state index in [-0.39, 0.29) is 24.3 Å². The third-order valence-corrected chi connectivity index (χ3v) is 5.59. The van der Waals surface area contributed by atoms with Crippen LogP contribution in [-0.4, -0.2) is 37.4 Å². The van der Waals surface area contributed by atoms with Gasteiger partial charge in [-0.05, 0) is 72.8 Å². The van der Waals surface area contributed by atoms with E-state index < -0.39 is 0 Å². The zero-order chi connectivity index (χ0) is 22.9. The van der Waals surface area contributed by atoms with Crippen molar-refractivity contribution in [2.24, 2.45) is 0 Å². The molecule has 0 fully saturated rings. The third kappa shape index (κ3) is 6.68. The highest BCUT2D eigenvalue weighted by Crippen LogP contribution is 2.16. The van der Waals surface area contributed by atoms with Gasteiger partial charge in [-0.1, -0.05) is 12.1 Å². The van der Waals surface area contributed by atoms with Gasteiger partial charge < -0.3 is 20.7 Å². The number of rotatable bonds is 9. The van der Waals surface area contributed by atoms with Gasteiger partial charge in [0.05, 0.1) is 4.88 Å². The summed E-state index contributed by atoms with van der Waals surface area (Å²) in [4.78, 5) is 36.8. The second-order valence-electron chi connectivity index (χ2n) is 7.15. The van der Waals surface area contributed by atoms with Crippen LogP contribution in [-0.2, 0) is 4.79 Å². The second kappa shape index (κ2) is 11.1. The molecule has 0 atom stereocenters. The van der Waals surface area contributed by atoms with Gasteiger partial charge in [0.1, 0.15) is 5.75 Å². The molecule has 32 heavy (non-hydrogen) atoms. The SMILES string of the molecule is Cc1ccc(OCC(=O)Nc2ccc(C(=O)NCCNC(=O)c3cccs3)cc2)cc1C. The van der Waals surface area contributed by atoms with Crippen LogP contribution in [0.1, 0.15) is 31.2 Å². The van der Waals surface area contributed by atoms with Gasteiger partial charge >= 0.3 is 0 Å². The average molecular weight is 452 g/mol. The van der Waals surface area contributed by atoms with E-state index in [1.807, 2.05) is 43.5 Å². The van der Waals surface area contributed by atoms with Gasteiger partial charge in [-0.2, -0.15) is 0 Å². The van der Waals surface area contributed by atoms with E-state index >= 15 is 0 Å². The average Bonchev–Trinajstić information content (AvgIpc) is 3.33. The maximum absolute atomic E-state index is 12.2. The molecule has 2 aromatic carbocycles. The molecule has 0 spiro atoms. The number of amides is 3. The number of carbonyl (C=O) groups excluding carboxylic acids is 3. The minimum atomic E-state index is -0.290. The Morgan fingerprint density at radius 3 is 2.25 bits per heavy atom. The fraction of sp³-hybridized carbons (Fsp3) is 0.208. The summed E-state index contributed by atoms with van der Waals surface area (Å²) in [5.41, 5.74) is 3.29. The van der Waals surface area contributed by atoms with Crippen LogP contribution in [0.15, 0.2) is 60.0 Å². The lowest BCUT2D eigenvalue weighted by Crippen LogP contribution is -2.34. The van der Waals surface area contributed by atoms with Gasteiger partial charge in [0, 0.05) is 24.3 Å². The molecular formula is C24H25N3O4S. The summed E-state index contributed by atoms with van der Waals surface area (Å²) in [5, 5.41) is 10.1. The van der Waals surface area contributed by atoms with Gasteiger partial charge in [-0.15, -0.1) is 11.3 Å². The molecule has 7 nitrogen and oxygen atoms in total. The molecule has 0 unspecified atom stereocenters. The zero-order valence-corrected chi connectivity index (χ0v) is 18.8. The van der Waals surface area contributed by atoms with Crippen LogP contribution in [0.25, 0.3) is 0 Å². The summed E-state index contributed by atoms with van der Waals surface area (Å²) in [6, 6.07) is 15.8. The lowest BCUT2D eigenvalue weighted by atomic mass is 10.1. The molecule has 0 aliphatic heterocycles. The van der Waals surface area contributed by atoms with E-state index in [1.54, 1.807) is 30.3 Å². The molecule has 0 saturated heterocycles. The Morgan fingerprint density at radius 1 is 0.875 bits per heavy atom. The molecule has 3 amide bonds. The zero-order valence-electron chi connectivity index (χ0n) is 17.9. The molecule has 166 valence electrons. The van der Waals surface area contributed by atoms with Crippen molar-refractivity contribution >= 4 is 34.7 Å². The van der Waals surface area contributed by atoms with Crippen molar-refractivity contribution in [2.45, 2.75) is 13.8 Å². The number of benzene rings is 2. The van der Waals surface area contributed by atoms with Crippen molar-refractivity contribution < 1.29 is 19.1 Å². The normalized spacial score (nSPS) is 10.3. The van der Waals surface area contributed by atoms with Crippen molar-refractivity contribution in [3.8, 4) is 5.75 Å². The summed E-state index contributed by atoms with van der Waals surface area (Å²) in [5.74, 6) is -0.0640. The van der Waals surface area contributed by atoms with Crippen molar-refractivity contribution in [1.82, 2.24) is 10.6 Å². The van der Waals surface area contributed by atoms with E-state index in [0.29, 0.717) is 35.0 Å². The van der Waals surface area contributed by atoms with Gasteiger partial charge in [0.25, 0.3) is 17.7 Å². The summed E-state index contributed by atoms with van der Waals surface area (Å²) in [7, 11) is 0. The summed E-state index contributed by atoms with van der Waals surface area (Å²) in [6.07, 6.45) is 0. The van der Waals surface area contributed by atoms with Crippen LogP contribution in [0.2, 0.25) is 0 Å². The van der Waals surface area contributed by atoms with Gasteiger partial charge in [-0.25, -0.2) is 0 Å². The van der Waals surface area contributed by atoms with Gasteiger partial charge in [0.2, 0.25) is 0 Å². The van der Waals surface area contributed by atoms with Crippen LogP contribution in [0.3, 0.4) is 0 Å². The molecule has 0 aliphatic rings. The van der Waals surface area contributed by atoms with Crippen molar-refractivity contribution in [1.29, 1.82) is 0 Å². The standard InChI is InChI=1S/C24H25N3O4S/c1-16-5-10-20(14-17(16)2)31-15-22(28)27-19-8-6-18(7-9-19)23(29)25-11-12-26-24(30)21-4-3-13-32-21/h3-10,13-14H,11-12,15H2,1-2H3,(H,25,29)(H,26,30)(H,27,28). The molecule has 1 aromatic heterocycles. The first-order chi connectivity index (χ1) is 15.4. The number of carbonyl (C=O) groups is 3. The van der Waals surface area contributed by atoms with E-state index in [2.05, 4.69) is 16.0 Å². The molecule has 3 rings (SSSR count). The molecule has 3 N–H and O–H groups in total. The summed E-state index contributed by atoms with van der Waals surface area (Å²) < 4.78 is 5.53. The maximum Gasteiger partial charge on any atom is 0.262 e. The Morgan fingerprint density at radius 2 is 1.59 bits per heavy atom.